The number of halogens is 2. The van der Waals surface area contributed by atoms with Gasteiger partial charge in [0.15, 0.2) is 5.82 Å². The lowest BCUT2D eigenvalue weighted by Crippen LogP contribution is -1.58. The molecule has 0 saturated heterocycles. The highest BCUT2D eigenvalue weighted by Crippen LogP contribution is 2.16. The SMILES string of the molecule is Fc1[c]scc1Cl. The van der Waals surface area contributed by atoms with E-state index in [1.807, 2.05) is 0 Å². The Balaban J connectivity index is 3.12. The standard InChI is InChI=1S/C4HClFS/c5-3-1-7-2-4(3)6/h1H. The Labute approximate surface area is 49.5 Å². The van der Waals surface area contributed by atoms with Crippen molar-refractivity contribution in [3.63, 3.8) is 0 Å². The molecule has 1 aromatic heterocycles. The molecular formula is C4HClFS. The summed E-state index contributed by atoms with van der Waals surface area (Å²) >= 11 is 6.36. The molecule has 0 aromatic carbocycles. The third kappa shape index (κ3) is 0.924. The van der Waals surface area contributed by atoms with E-state index in [0.29, 0.717) is 0 Å². The molecule has 37 valence electrons. The molecule has 0 aliphatic rings. The van der Waals surface area contributed by atoms with Crippen molar-refractivity contribution in [1.82, 2.24) is 0 Å². The Morgan fingerprint density at radius 3 is 2.71 bits per heavy atom. The zero-order valence-corrected chi connectivity index (χ0v) is 4.81. The topological polar surface area (TPSA) is 0 Å². The van der Waals surface area contributed by atoms with Gasteiger partial charge >= 0.3 is 0 Å². The first kappa shape index (κ1) is 5.06. The minimum atomic E-state index is -0.452. The average molecular weight is 136 g/mol. The highest BCUT2D eigenvalue weighted by atomic mass is 35.5. The molecule has 1 radical (unpaired) electrons. The van der Waals surface area contributed by atoms with Crippen LogP contribution in [0.15, 0.2) is 5.38 Å². The molecule has 0 spiro atoms. The van der Waals surface area contributed by atoms with Crippen LogP contribution in [0, 0.1) is 11.2 Å². The van der Waals surface area contributed by atoms with Gasteiger partial charge in [-0.25, -0.2) is 4.39 Å². The van der Waals surface area contributed by atoms with Crippen molar-refractivity contribution in [3.05, 3.63) is 21.6 Å². The zero-order valence-electron chi connectivity index (χ0n) is 3.24. The quantitative estimate of drug-likeness (QED) is 0.512. The van der Waals surface area contributed by atoms with E-state index in [4.69, 9.17) is 11.6 Å². The van der Waals surface area contributed by atoms with E-state index >= 15 is 0 Å². The Morgan fingerprint density at radius 2 is 2.57 bits per heavy atom. The second kappa shape index (κ2) is 1.80. The summed E-state index contributed by atoms with van der Waals surface area (Å²) in [6.07, 6.45) is 0. The first-order valence-electron chi connectivity index (χ1n) is 1.61. The van der Waals surface area contributed by atoms with Gasteiger partial charge < -0.3 is 0 Å². The smallest absolute Gasteiger partial charge is 0.161 e. The lowest BCUT2D eigenvalue weighted by Gasteiger charge is -1.71. The maximum absolute atomic E-state index is 11.9. The van der Waals surface area contributed by atoms with Gasteiger partial charge in [-0.2, -0.15) is 0 Å². The fourth-order valence-corrected chi connectivity index (χ4v) is 0.950. The van der Waals surface area contributed by atoms with Crippen LogP contribution in [-0.4, -0.2) is 0 Å². The maximum atomic E-state index is 11.9. The molecule has 0 aliphatic heterocycles. The van der Waals surface area contributed by atoms with Crippen LogP contribution >= 0.6 is 22.9 Å². The highest BCUT2D eigenvalue weighted by molar-refractivity contribution is 7.07. The molecule has 1 rings (SSSR count). The summed E-state index contributed by atoms with van der Waals surface area (Å²) in [5, 5.41) is 3.97. The molecule has 3 heteroatoms. The van der Waals surface area contributed by atoms with Crippen molar-refractivity contribution in [2.24, 2.45) is 0 Å². The van der Waals surface area contributed by atoms with E-state index in [-0.39, 0.29) is 5.02 Å². The van der Waals surface area contributed by atoms with Crippen LogP contribution in [0.4, 0.5) is 4.39 Å². The number of hydrogen-bond acceptors (Lipinski definition) is 1. The van der Waals surface area contributed by atoms with Crippen molar-refractivity contribution < 1.29 is 4.39 Å². The summed E-state index contributed by atoms with van der Waals surface area (Å²) in [6, 6.07) is 0. The van der Waals surface area contributed by atoms with E-state index in [2.05, 4.69) is 5.38 Å². The van der Waals surface area contributed by atoms with Gasteiger partial charge in [0.2, 0.25) is 0 Å². The molecule has 0 bridgehead atoms. The van der Waals surface area contributed by atoms with E-state index in [1.165, 1.54) is 5.38 Å². The Bertz CT molecular complexity index is 144. The van der Waals surface area contributed by atoms with E-state index in [1.54, 1.807) is 0 Å². The normalized spacial score (nSPS) is 9.43. The van der Waals surface area contributed by atoms with Crippen molar-refractivity contribution in [1.29, 1.82) is 0 Å². The molecule has 0 unspecified atom stereocenters. The van der Waals surface area contributed by atoms with Gasteiger partial charge in [-0.05, 0) is 0 Å². The van der Waals surface area contributed by atoms with Gasteiger partial charge in [-0.1, -0.05) is 11.6 Å². The van der Waals surface area contributed by atoms with Gasteiger partial charge in [0.1, 0.15) is 0 Å². The van der Waals surface area contributed by atoms with Crippen LogP contribution in [0.1, 0.15) is 0 Å². The van der Waals surface area contributed by atoms with Gasteiger partial charge in [0.25, 0.3) is 0 Å². The maximum Gasteiger partial charge on any atom is 0.161 e. The minimum Gasteiger partial charge on any atom is -0.204 e. The van der Waals surface area contributed by atoms with Gasteiger partial charge in [0.05, 0.1) is 10.4 Å². The van der Waals surface area contributed by atoms with Crippen LogP contribution in [0.5, 0.6) is 0 Å². The molecule has 0 amide bonds. The second-order valence-electron chi connectivity index (χ2n) is 1.000. The van der Waals surface area contributed by atoms with Crippen LogP contribution in [-0.2, 0) is 0 Å². The second-order valence-corrected chi connectivity index (χ2v) is 2.08. The zero-order chi connectivity index (χ0) is 5.28. The largest absolute Gasteiger partial charge is 0.204 e. The molecule has 0 nitrogen and oxygen atoms in total. The minimum absolute atomic E-state index is 0.157. The summed E-state index contributed by atoms with van der Waals surface area (Å²) in [7, 11) is 0. The lowest BCUT2D eigenvalue weighted by atomic mass is 10.6. The van der Waals surface area contributed by atoms with Crippen LogP contribution in [0.3, 0.4) is 0 Å². The summed E-state index contributed by atoms with van der Waals surface area (Å²) in [5.41, 5.74) is 0. The molecule has 0 N–H and O–H groups in total. The number of hydrogen-bond donors (Lipinski definition) is 0. The third-order valence-electron chi connectivity index (χ3n) is 0.521. The van der Waals surface area contributed by atoms with Crippen molar-refractivity contribution in [3.8, 4) is 0 Å². The monoisotopic (exact) mass is 135 g/mol. The molecule has 0 atom stereocenters. The van der Waals surface area contributed by atoms with Crippen molar-refractivity contribution in [2.75, 3.05) is 0 Å². The molecule has 0 saturated carbocycles. The molecule has 7 heavy (non-hydrogen) atoms. The Kier molecular flexibility index (Phi) is 1.30. The first-order chi connectivity index (χ1) is 3.30. The van der Waals surface area contributed by atoms with Gasteiger partial charge in [-0.15, -0.1) is 11.3 Å². The first-order valence-corrected chi connectivity index (χ1v) is 2.86. The van der Waals surface area contributed by atoms with Gasteiger partial charge in [-0.3, -0.25) is 0 Å². The molecule has 1 heterocycles. The average Bonchev–Trinajstić information content (AvgIpc) is 1.91. The lowest BCUT2D eigenvalue weighted by molar-refractivity contribution is 0.632. The predicted octanol–water partition coefficient (Wildman–Crippen LogP) is 2.34. The van der Waals surface area contributed by atoms with E-state index in [0.717, 1.165) is 11.3 Å². The Hall–Kier alpha value is -0.0800. The number of rotatable bonds is 0. The summed E-state index contributed by atoms with van der Waals surface area (Å²) in [4.78, 5) is 0. The molecule has 1 aromatic rings. The summed E-state index contributed by atoms with van der Waals surface area (Å²) in [5.74, 6) is -0.452. The molecule has 0 fully saturated rings. The highest BCUT2D eigenvalue weighted by Gasteiger charge is 1.95. The van der Waals surface area contributed by atoms with Crippen molar-refractivity contribution >= 4 is 22.9 Å². The van der Waals surface area contributed by atoms with Gasteiger partial charge in [0, 0.05) is 5.38 Å². The predicted molar refractivity (Wildman–Crippen MR) is 28.1 cm³/mol. The fraction of sp³-hybridized carbons (Fsp3) is 0. The van der Waals surface area contributed by atoms with E-state index in [9.17, 15) is 4.39 Å². The third-order valence-corrected chi connectivity index (χ3v) is 1.58. The van der Waals surface area contributed by atoms with Crippen LogP contribution < -0.4 is 0 Å². The summed E-state index contributed by atoms with van der Waals surface area (Å²) < 4.78 is 11.9. The molecular weight excluding hydrogens is 135 g/mol. The Morgan fingerprint density at radius 1 is 1.86 bits per heavy atom. The summed E-state index contributed by atoms with van der Waals surface area (Å²) in [6.45, 7) is 0. The fourth-order valence-electron chi connectivity index (χ4n) is 0.233. The van der Waals surface area contributed by atoms with Crippen LogP contribution in [0.2, 0.25) is 5.02 Å². The van der Waals surface area contributed by atoms with Crippen LogP contribution in [0.25, 0.3) is 0 Å². The van der Waals surface area contributed by atoms with E-state index < -0.39 is 5.82 Å². The number of thiophene rings is 1. The molecule has 0 aliphatic carbocycles. The van der Waals surface area contributed by atoms with Crippen molar-refractivity contribution in [2.45, 2.75) is 0 Å².